The van der Waals surface area contributed by atoms with Crippen LogP contribution in [0.15, 0.2) is 131 Å². The van der Waals surface area contributed by atoms with Crippen molar-refractivity contribution in [3.05, 3.63) is 137 Å². The largest absolute Gasteiger partial charge is 0.317 e. The SMILES string of the molecule is C/C=C\c1ccccc1CC.C=C1/C=C\C=C/C/C=C(CC=CC/C=C(\PC)C(/C=C\C)=NC)\C=C/1.C=N.CC. The molecular formula is C37H53N2P. The molecule has 1 atom stereocenters. The first-order valence-electron chi connectivity index (χ1n) is 14.2. The summed E-state index contributed by atoms with van der Waals surface area (Å²) in [5.41, 5.74) is 6.20. The molecule has 0 bridgehead atoms. The van der Waals surface area contributed by atoms with Gasteiger partial charge in [-0.2, -0.15) is 0 Å². The Balaban J connectivity index is 0. The van der Waals surface area contributed by atoms with Crippen molar-refractivity contribution in [2.24, 2.45) is 4.99 Å². The van der Waals surface area contributed by atoms with Crippen LogP contribution in [-0.2, 0) is 6.42 Å². The number of hydrogen-bond donors (Lipinski definition) is 1. The van der Waals surface area contributed by atoms with Gasteiger partial charge in [-0.3, -0.25) is 4.99 Å². The number of nitrogens with zero attached hydrogens (tertiary/aromatic N) is 1. The van der Waals surface area contributed by atoms with E-state index in [9.17, 15) is 0 Å². The Hall–Kier alpha value is -3.35. The zero-order chi connectivity index (χ0) is 30.4. The Morgan fingerprint density at radius 2 is 1.75 bits per heavy atom. The standard InChI is InChI=1S/C23H30NP.C11H14.C2H6.CH3N/c1-5-13-22(24-3)23(25-4)17-12-8-11-16-21-15-10-7-6-9-14-20(2)18-19-21;1-3-7-11-9-6-5-8-10(11)4-2;2*1-2/h5-9,11,13-15,17-19,25H,2,10,12,16H2,1,3-4H3;3,5-9H,4H2,1-2H3;1-2H3;2H,1H2/b7-6-,11-8?,13-5-,14-9-,19-18-,21-15-,23-17-,24-22?;7-3-;;. The zero-order valence-corrected chi connectivity index (χ0v) is 27.1. The molecule has 1 aliphatic rings. The van der Waals surface area contributed by atoms with Crippen molar-refractivity contribution < 1.29 is 0 Å². The Labute approximate surface area is 248 Å². The predicted octanol–water partition coefficient (Wildman–Crippen LogP) is 11.3. The lowest BCUT2D eigenvalue weighted by molar-refractivity contribution is 1.13. The lowest BCUT2D eigenvalue weighted by atomic mass is 10.1. The fraction of sp³-hybridized carbons (Fsp3) is 0.297. The van der Waals surface area contributed by atoms with E-state index < -0.39 is 0 Å². The van der Waals surface area contributed by atoms with Gasteiger partial charge in [0.2, 0.25) is 0 Å². The molecule has 0 radical (unpaired) electrons. The van der Waals surface area contributed by atoms with E-state index in [0.29, 0.717) is 0 Å². The second kappa shape index (κ2) is 28.7. The lowest BCUT2D eigenvalue weighted by Crippen LogP contribution is -1.94. The van der Waals surface area contributed by atoms with Crippen molar-refractivity contribution in [2.75, 3.05) is 13.7 Å². The molecule has 0 spiro atoms. The summed E-state index contributed by atoms with van der Waals surface area (Å²) in [6.45, 7) is 19.0. The van der Waals surface area contributed by atoms with E-state index in [0.717, 1.165) is 45.5 Å². The summed E-state index contributed by atoms with van der Waals surface area (Å²) in [5, 5.41) is 6.83. The Kier molecular flexibility index (Phi) is 27.8. The van der Waals surface area contributed by atoms with Gasteiger partial charge in [-0.05, 0) is 86.6 Å². The molecule has 216 valence electrons. The van der Waals surface area contributed by atoms with E-state index in [-0.39, 0.29) is 0 Å². The molecule has 0 aromatic heterocycles. The van der Waals surface area contributed by atoms with Crippen LogP contribution in [-0.4, -0.2) is 26.1 Å². The van der Waals surface area contributed by atoms with Crippen LogP contribution >= 0.6 is 8.58 Å². The molecule has 1 N–H and O–H groups in total. The van der Waals surface area contributed by atoms with Crippen molar-refractivity contribution in [3.8, 4) is 0 Å². The van der Waals surface area contributed by atoms with Crippen LogP contribution < -0.4 is 0 Å². The molecular weight excluding hydrogens is 503 g/mol. The highest BCUT2D eigenvalue weighted by atomic mass is 31.1. The fourth-order valence-electron chi connectivity index (χ4n) is 3.52. The molecule has 1 unspecified atom stereocenters. The van der Waals surface area contributed by atoms with Gasteiger partial charge in [0.05, 0.1) is 5.71 Å². The van der Waals surface area contributed by atoms with Crippen molar-refractivity contribution in [1.82, 2.24) is 0 Å². The van der Waals surface area contributed by atoms with Crippen LogP contribution in [0, 0.1) is 5.41 Å². The van der Waals surface area contributed by atoms with Gasteiger partial charge in [0, 0.05) is 7.05 Å². The van der Waals surface area contributed by atoms with Gasteiger partial charge in [-0.1, -0.05) is 139 Å². The molecule has 2 nitrogen and oxygen atoms in total. The number of aryl methyl sites for hydroxylation is 1. The van der Waals surface area contributed by atoms with E-state index in [4.69, 9.17) is 5.41 Å². The number of nitrogens with one attached hydrogen (secondary N) is 1. The van der Waals surface area contributed by atoms with Gasteiger partial charge in [0.25, 0.3) is 0 Å². The van der Waals surface area contributed by atoms with Gasteiger partial charge in [-0.25, -0.2) is 0 Å². The molecule has 2 rings (SSSR count). The molecule has 0 saturated carbocycles. The predicted molar refractivity (Wildman–Crippen MR) is 190 cm³/mol. The second-order valence-corrected chi connectivity index (χ2v) is 9.19. The van der Waals surface area contributed by atoms with Gasteiger partial charge < -0.3 is 5.41 Å². The first-order chi connectivity index (χ1) is 19.6. The van der Waals surface area contributed by atoms with E-state index in [1.54, 1.807) is 0 Å². The van der Waals surface area contributed by atoms with E-state index in [1.165, 1.54) is 22.0 Å². The van der Waals surface area contributed by atoms with E-state index >= 15 is 0 Å². The van der Waals surface area contributed by atoms with Crippen LogP contribution in [0.25, 0.3) is 6.08 Å². The van der Waals surface area contributed by atoms with Gasteiger partial charge in [0.1, 0.15) is 0 Å². The van der Waals surface area contributed by atoms with Crippen molar-refractivity contribution in [2.45, 2.75) is 60.3 Å². The van der Waals surface area contributed by atoms with Crippen LogP contribution in [0.4, 0.5) is 0 Å². The van der Waals surface area contributed by atoms with Crippen molar-refractivity contribution in [3.63, 3.8) is 0 Å². The molecule has 40 heavy (non-hydrogen) atoms. The molecule has 1 aliphatic carbocycles. The van der Waals surface area contributed by atoms with Gasteiger partial charge >= 0.3 is 0 Å². The summed E-state index contributed by atoms with van der Waals surface area (Å²) in [6.07, 6.45) is 33.9. The summed E-state index contributed by atoms with van der Waals surface area (Å²) in [7, 11) is 2.61. The number of hydrogen-bond acceptors (Lipinski definition) is 2. The average Bonchev–Trinajstić information content (AvgIpc) is 3.01. The van der Waals surface area contributed by atoms with Crippen LogP contribution in [0.1, 0.15) is 65.0 Å². The van der Waals surface area contributed by atoms with Gasteiger partial charge in [-0.15, -0.1) is 0 Å². The molecule has 1 aromatic carbocycles. The molecule has 0 heterocycles. The summed E-state index contributed by atoms with van der Waals surface area (Å²) in [5.74, 6) is 0. The van der Waals surface area contributed by atoms with Gasteiger partial charge in [0.15, 0.2) is 0 Å². The highest BCUT2D eigenvalue weighted by Gasteiger charge is 1.99. The highest BCUT2D eigenvalue weighted by Crippen LogP contribution is 2.22. The third-order valence-corrected chi connectivity index (χ3v) is 6.46. The minimum absolute atomic E-state index is 0.755. The highest BCUT2D eigenvalue weighted by molar-refractivity contribution is 7.44. The summed E-state index contributed by atoms with van der Waals surface area (Å²) in [6, 6.07) is 8.49. The second-order valence-electron chi connectivity index (χ2n) is 8.15. The quantitative estimate of drug-likeness (QED) is 0.178. The molecule has 0 saturated heterocycles. The first-order valence-corrected chi connectivity index (χ1v) is 15.7. The number of allylic oxidation sites excluding steroid dienone is 16. The van der Waals surface area contributed by atoms with Crippen LogP contribution in [0.5, 0.6) is 0 Å². The minimum atomic E-state index is 0.755. The third-order valence-electron chi connectivity index (χ3n) is 5.46. The molecule has 0 fully saturated rings. The number of rotatable bonds is 9. The average molecular weight is 557 g/mol. The number of aliphatic imine (C=N–C) groups is 1. The number of benzene rings is 1. The molecule has 0 amide bonds. The van der Waals surface area contributed by atoms with Crippen LogP contribution in [0.2, 0.25) is 0 Å². The van der Waals surface area contributed by atoms with Crippen molar-refractivity contribution in [1.29, 1.82) is 5.41 Å². The maximum absolute atomic E-state index is 5.50. The van der Waals surface area contributed by atoms with Crippen molar-refractivity contribution >= 4 is 27.1 Å². The minimum Gasteiger partial charge on any atom is -0.317 e. The maximum atomic E-state index is 5.50. The Morgan fingerprint density at radius 1 is 1.02 bits per heavy atom. The Bertz CT molecular complexity index is 1090. The molecule has 1 aromatic rings. The van der Waals surface area contributed by atoms with E-state index in [1.807, 2.05) is 53.0 Å². The van der Waals surface area contributed by atoms with Crippen LogP contribution in [0.3, 0.4) is 0 Å². The topological polar surface area (TPSA) is 36.2 Å². The lowest BCUT2D eigenvalue weighted by Gasteiger charge is -2.03. The normalized spacial score (nSPS) is 17.8. The maximum Gasteiger partial charge on any atom is 0.0638 e. The Morgan fingerprint density at radius 3 is 2.38 bits per heavy atom. The monoisotopic (exact) mass is 556 g/mol. The summed E-state index contributed by atoms with van der Waals surface area (Å²) >= 11 is 0. The smallest absolute Gasteiger partial charge is 0.0638 e. The summed E-state index contributed by atoms with van der Waals surface area (Å²) < 4.78 is 0. The van der Waals surface area contributed by atoms with E-state index in [2.05, 4.69) is 123 Å². The third kappa shape index (κ3) is 18.8. The molecule has 0 aliphatic heterocycles. The fourth-order valence-corrected chi connectivity index (χ4v) is 4.30. The summed E-state index contributed by atoms with van der Waals surface area (Å²) in [4.78, 5) is 4.37. The zero-order valence-electron chi connectivity index (χ0n) is 26.1. The first kappa shape index (κ1) is 38.8. The molecule has 3 heteroatoms.